The summed E-state index contributed by atoms with van der Waals surface area (Å²) >= 11 is 0. The molecule has 2 aliphatic rings. The molecule has 3 rings (SSSR count). The van der Waals surface area contributed by atoms with Crippen LogP contribution in [0.3, 0.4) is 0 Å². The summed E-state index contributed by atoms with van der Waals surface area (Å²) in [6.45, 7) is 13.3. The number of hydrogen-bond acceptors (Lipinski definition) is 4. The highest BCUT2D eigenvalue weighted by Gasteiger charge is 2.37. The van der Waals surface area contributed by atoms with Gasteiger partial charge in [-0.2, -0.15) is 5.10 Å². The average molecular weight is 348 g/mol. The minimum absolute atomic E-state index is 0.110. The Kier molecular flexibility index (Phi) is 5.79. The van der Waals surface area contributed by atoms with Crippen LogP contribution < -0.4 is 0 Å². The molecule has 25 heavy (non-hydrogen) atoms. The van der Waals surface area contributed by atoms with E-state index in [2.05, 4.69) is 30.8 Å². The molecule has 2 atom stereocenters. The first-order valence-electron chi connectivity index (χ1n) is 9.75. The Morgan fingerprint density at radius 1 is 1.32 bits per heavy atom. The number of ether oxygens (including phenoxy) is 1. The van der Waals surface area contributed by atoms with E-state index < -0.39 is 0 Å². The number of piperazine rings is 1. The summed E-state index contributed by atoms with van der Waals surface area (Å²) in [6, 6.07) is 2.81. The lowest BCUT2D eigenvalue weighted by Gasteiger charge is -2.48. The molecule has 0 N–H and O–H groups in total. The predicted octanol–water partition coefficient (Wildman–Crippen LogP) is 2.35. The Labute approximate surface area is 151 Å². The van der Waals surface area contributed by atoms with Gasteiger partial charge in [-0.05, 0) is 25.3 Å². The van der Waals surface area contributed by atoms with Crippen molar-refractivity contribution in [2.45, 2.75) is 65.1 Å². The van der Waals surface area contributed by atoms with E-state index in [9.17, 15) is 4.79 Å². The highest BCUT2D eigenvalue weighted by Crippen LogP contribution is 2.23. The van der Waals surface area contributed by atoms with Crippen LogP contribution in [-0.4, -0.2) is 70.4 Å². The van der Waals surface area contributed by atoms with Crippen LogP contribution in [0, 0.1) is 0 Å². The average Bonchev–Trinajstić information content (AvgIpc) is 3.06. The van der Waals surface area contributed by atoms with Crippen molar-refractivity contribution in [1.82, 2.24) is 19.6 Å². The fourth-order valence-electron chi connectivity index (χ4n) is 4.00. The van der Waals surface area contributed by atoms with Gasteiger partial charge in [-0.15, -0.1) is 0 Å². The molecular weight excluding hydrogens is 316 g/mol. The molecule has 2 fully saturated rings. The monoisotopic (exact) mass is 348 g/mol. The van der Waals surface area contributed by atoms with E-state index in [0.717, 1.165) is 50.8 Å². The zero-order chi connectivity index (χ0) is 18.0. The van der Waals surface area contributed by atoms with Gasteiger partial charge in [-0.25, -0.2) is 0 Å². The molecule has 3 heterocycles. The third-order valence-corrected chi connectivity index (χ3v) is 5.44. The number of amides is 1. The summed E-state index contributed by atoms with van der Waals surface area (Å²) in [6.07, 6.45) is 2.35. The Balaban J connectivity index is 1.72. The van der Waals surface area contributed by atoms with E-state index in [4.69, 9.17) is 4.74 Å². The largest absolute Gasteiger partial charge is 0.378 e. The summed E-state index contributed by atoms with van der Waals surface area (Å²) in [7, 11) is 0. The zero-order valence-corrected chi connectivity index (χ0v) is 16.1. The second-order valence-electron chi connectivity index (χ2n) is 7.55. The Morgan fingerprint density at radius 2 is 2.12 bits per heavy atom. The number of morpholine rings is 1. The number of nitrogens with zero attached hydrogens (tertiary/aromatic N) is 4. The quantitative estimate of drug-likeness (QED) is 0.820. The normalized spacial score (nSPS) is 24.6. The third-order valence-electron chi connectivity index (χ3n) is 5.44. The van der Waals surface area contributed by atoms with Gasteiger partial charge in [-0.1, -0.05) is 27.2 Å². The van der Waals surface area contributed by atoms with E-state index in [0.29, 0.717) is 18.0 Å². The van der Waals surface area contributed by atoms with Crippen LogP contribution >= 0.6 is 0 Å². The molecule has 1 aromatic rings. The molecule has 0 saturated carbocycles. The van der Waals surface area contributed by atoms with E-state index in [1.807, 2.05) is 22.6 Å². The first kappa shape index (κ1) is 18.4. The zero-order valence-electron chi connectivity index (χ0n) is 16.1. The lowest BCUT2D eigenvalue weighted by molar-refractivity contribution is -0.0777. The van der Waals surface area contributed by atoms with Crippen LogP contribution in [0.2, 0.25) is 0 Å². The van der Waals surface area contributed by atoms with Gasteiger partial charge in [0.05, 0.1) is 24.9 Å². The molecule has 1 amide bonds. The summed E-state index contributed by atoms with van der Waals surface area (Å²) in [4.78, 5) is 17.7. The third kappa shape index (κ3) is 3.75. The molecule has 6 nitrogen and oxygen atoms in total. The van der Waals surface area contributed by atoms with Crippen molar-refractivity contribution in [3.63, 3.8) is 0 Å². The number of carbonyl (C=O) groups is 1. The molecule has 0 aliphatic carbocycles. The first-order chi connectivity index (χ1) is 12.0. The summed E-state index contributed by atoms with van der Waals surface area (Å²) < 4.78 is 7.67. The second-order valence-corrected chi connectivity index (χ2v) is 7.55. The van der Waals surface area contributed by atoms with E-state index in [1.165, 1.54) is 12.8 Å². The number of rotatable bonds is 5. The van der Waals surface area contributed by atoms with Gasteiger partial charge >= 0.3 is 0 Å². The Hall–Kier alpha value is -1.40. The van der Waals surface area contributed by atoms with E-state index in [1.54, 1.807) is 0 Å². The van der Waals surface area contributed by atoms with Crippen molar-refractivity contribution in [2.24, 2.45) is 0 Å². The van der Waals surface area contributed by atoms with Gasteiger partial charge in [0.15, 0.2) is 0 Å². The fourth-order valence-corrected chi connectivity index (χ4v) is 4.00. The molecule has 2 aliphatic heterocycles. The number of aromatic nitrogens is 2. The number of fused-ring (bicyclic) bond motifs is 1. The van der Waals surface area contributed by atoms with Gasteiger partial charge in [0.25, 0.3) is 5.91 Å². The van der Waals surface area contributed by atoms with Crippen LogP contribution in [0.25, 0.3) is 0 Å². The Morgan fingerprint density at radius 3 is 2.80 bits per heavy atom. The maximum Gasteiger partial charge on any atom is 0.272 e. The van der Waals surface area contributed by atoms with Crippen molar-refractivity contribution in [3.05, 3.63) is 17.5 Å². The van der Waals surface area contributed by atoms with Crippen molar-refractivity contribution in [1.29, 1.82) is 0 Å². The van der Waals surface area contributed by atoms with Crippen molar-refractivity contribution >= 4 is 5.91 Å². The first-order valence-corrected chi connectivity index (χ1v) is 9.75. The molecule has 140 valence electrons. The summed E-state index contributed by atoms with van der Waals surface area (Å²) in [5.74, 6) is 0.441. The smallest absolute Gasteiger partial charge is 0.272 e. The van der Waals surface area contributed by atoms with E-state index >= 15 is 0 Å². The van der Waals surface area contributed by atoms with Crippen molar-refractivity contribution < 1.29 is 9.53 Å². The summed E-state index contributed by atoms with van der Waals surface area (Å²) in [5, 5.41) is 4.60. The number of aryl methyl sites for hydroxylation is 1. The van der Waals surface area contributed by atoms with Gasteiger partial charge in [-0.3, -0.25) is 14.4 Å². The van der Waals surface area contributed by atoms with E-state index in [-0.39, 0.29) is 5.91 Å². The topological polar surface area (TPSA) is 50.6 Å². The molecule has 6 heteroatoms. The van der Waals surface area contributed by atoms with Crippen LogP contribution in [0.4, 0.5) is 0 Å². The van der Waals surface area contributed by atoms with Crippen molar-refractivity contribution in [2.75, 3.05) is 32.8 Å². The molecule has 0 unspecified atom stereocenters. The standard InChI is InChI=1S/C19H32N4O2/c1-5-7-15-12-25-13-16-11-21(8-9-22(15)16)19(24)18-10-17(14(3)4)20-23(18)6-2/h10,14-16H,5-9,11-13H2,1-4H3/t15-,16+/m0/s1. The van der Waals surface area contributed by atoms with Crippen LogP contribution in [0.5, 0.6) is 0 Å². The lowest BCUT2D eigenvalue weighted by atomic mass is 10.0. The number of hydrogen-bond donors (Lipinski definition) is 0. The molecule has 0 radical (unpaired) electrons. The van der Waals surface area contributed by atoms with Gasteiger partial charge in [0, 0.05) is 32.2 Å². The minimum Gasteiger partial charge on any atom is -0.378 e. The van der Waals surface area contributed by atoms with Crippen LogP contribution in [-0.2, 0) is 11.3 Å². The molecule has 2 saturated heterocycles. The maximum atomic E-state index is 13.1. The fraction of sp³-hybridized carbons (Fsp3) is 0.789. The van der Waals surface area contributed by atoms with Gasteiger partial charge in [0.1, 0.15) is 5.69 Å². The lowest BCUT2D eigenvalue weighted by Crippen LogP contribution is -2.62. The molecular formula is C19H32N4O2. The molecule has 0 bridgehead atoms. The van der Waals surface area contributed by atoms with Gasteiger partial charge in [0.2, 0.25) is 0 Å². The highest BCUT2D eigenvalue weighted by molar-refractivity contribution is 5.93. The molecule has 0 spiro atoms. The highest BCUT2D eigenvalue weighted by atomic mass is 16.5. The Bertz CT molecular complexity index is 596. The van der Waals surface area contributed by atoms with Crippen molar-refractivity contribution in [3.8, 4) is 0 Å². The molecule has 1 aromatic heterocycles. The predicted molar refractivity (Wildman–Crippen MR) is 97.9 cm³/mol. The van der Waals surface area contributed by atoms with Crippen LogP contribution in [0.1, 0.15) is 62.6 Å². The summed E-state index contributed by atoms with van der Waals surface area (Å²) in [5.41, 5.74) is 1.72. The van der Waals surface area contributed by atoms with Crippen LogP contribution in [0.15, 0.2) is 6.07 Å². The second kappa shape index (κ2) is 7.87. The molecule has 0 aromatic carbocycles. The number of carbonyl (C=O) groups excluding carboxylic acids is 1. The minimum atomic E-state index is 0.110. The van der Waals surface area contributed by atoms with Gasteiger partial charge < -0.3 is 9.64 Å². The maximum absolute atomic E-state index is 13.1. The SMILES string of the molecule is CCC[C@H]1COC[C@H]2CN(C(=O)c3cc(C(C)C)nn3CC)CCN12.